The molecule has 0 fully saturated rings. The summed E-state index contributed by atoms with van der Waals surface area (Å²) in [7, 11) is 1.23. The van der Waals surface area contributed by atoms with Crippen molar-refractivity contribution in [3.05, 3.63) is 47.5 Å². The van der Waals surface area contributed by atoms with Crippen molar-refractivity contribution in [3.8, 4) is 0 Å². The minimum atomic E-state index is -0.692. The fourth-order valence-corrected chi connectivity index (χ4v) is 1.99. The van der Waals surface area contributed by atoms with Crippen LogP contribution >= 0.6 is 0 Å². The molecule has 5 nitrogen and oxygen atoms in total. The largest absolute Gasteiger partial charge is 0.465 e. The Morgan fingerprint density at radius 2 is 2.29 bits per heavy atom. The average molecular weight is 291 g/mol. The smallest absolute Gasteiger partial charge is 0.340 e. The van der Waals surface area contributed by atoms with Crippen LogP contribution < -0.4 is 5.32 Å². The van der Waals surface area contributed by atoms with Gasteiger partial charge in [0, 0.05) is 24.0 Å². The summed E-state index contributed by atoms with van der Waals surface area (Å²) >= 11 is 0. The Morgan fingerprint density at radius 1 is 1.52 bits per heavy atom. The van der Waals surface area contributed by atoms with E-state index in [4.69, 9.17) is 0 Å². The second-order valence-electron chi connectivity index (χ2n) is 4.68. The van der Waals surface area contributed by atoms with Crippen LogP contribution in [0.4, 0.5) is 10.1 Å². The number of hydrogen-bond donors (Lipinski definition) is 1. The van der Waals surface area contributed by atoms with Crippen molar-refractivity contribution in [2.24, 2.45) is 0 Å². The molecule has 0 saturated heterocycles. The molecule has 0 radical (unpaired) electrons. The maximum atomic E-state index is 13.6. The van der Waals surface area contributed by atoms with Gasteiger partial charge in [0.05, 0.1) is 24.9 Å². The minimum absolute atomic E-state index is 0.0127. The molecule has 0 aliphatic heterocycles. The molecule has 0 saturated carbocycles. The van der Waals surface area contributed by atoms with E-state index in [1.165, 1.54) is 19.2 Å². The minimum Gasteiger partial charge on any atom is -0.465 e. The highest BCUT2D eigenvalue weighted by molar-refractivity contribution is 5.90. The van der Waals surface area contributed by atoms with Crippen molar-refractivity contribution in [3.63, 3.8) is 0 Å². The standard InChI is InChI=1S/C15H18FN3O2/c1-4-19-9-11(8-17-19)10(2)18-12-5-6-14(16)13(7-12)15(20)21-3/h5-10,18H,4H2,1-3H3. The van der Waals surface area contributed by atoms with Gasteiger partial charge in [-0.15, -0.1) is 0 Å². The van der Waals surface area contributed by atoms with E-state index in [0.717, 1.165) is 12.1 Å². The number of benzene rings is 1. The summed E-state index contributed by atoms with van der Waals surface area (Å²) in [6.45, 7) is 4.78. The summed E-state index contributed by atoms with van der Waals surface area (Å²) in [5.41, 5.74) is 1.58. The third-order valence-corrected chi connectivity index (χ3v) is 3.23. The first-order chi connectivity index (χ1) is 10.0. The zero-order valence-electron chi connectivity index (χ0n) is 12.3. The molecule has 1 aromatic carbocycles. The van der Waals surface area contributed by atoms with E-state index in [0.29, 0.717) is 5.69 Å². The van der Waals surface area contributed by atoms with Gasteiger partial charge < -0.3 is 10.1 Å². The van der Waals surface area contributed by atoms with Crippen molar-refractivity contribution in [2.45, 2.75) is 26.4 Å². The highest BCUT2D eigenvalue weighted by Crippen LogP contribution is 2.21. The van der Waals surface area contributed by atoms with Gasteiger partial charge in [-0.3, -0.25) is 4.68 Å². The van der Waals surface area contributed by atoms with E-state index < -0.39 is 11.8 Å². The van der Waals surface area contributed by atoms with Crippen molar-refractivity contribution in [1.29, 1.82) is 0 Å². The fraction of sp³-hybridized carbons (Fsp3) is 0.333. The van der Waals surface area contributed by atoms with Crippen LogP contribution in [0.25, 0.3) is 0 Å². The predicted octanol–water partition coefficient (Wildman–Crippen LogP) is 3.00. The lowest BCUT2D eigenvalue weighted by Gasteiger charge is -2.14. The zero-order valence-corrected chi connectivity index (χ0v) is 12.3. The number of nitrogens with zero attached hydrogens (tertiary/aromatic N) is 2. The number of rotatable bonds is 5. The van der Waals surface area contributed by atoms with Gasteiger partial charge in [0.15, 0.2) is 0 Å². The van der Waals surface area contributed by atoms with Crippen molar-refractivity contribution in [1.82, 2.24) is 9.78 Å². The molecule has 6 heteroatoms. The number of aromatic nitrogens is 2. The third kappa shape index (κ3) is 3.39. The van der Waals surface area contributed by atoms with Crippen LogP contribution in [0.2, 0.25) is 0 Å². The molecule has 2 aromatic rings. The van der Waals surface area contributed by atoms with E-state index in [1.54, 1.807) is 12.3 Å². The lowest BCUT2D eigenvalue weighted by Crippen LogP contribution is -2.09. The summed E-state index contributed by atoms with van der Waals surface area (Å²) in [6, 6.07) is 4.27. The molecular weight excluding hydrogens is 273 g/mol. The molecule has 112 valence electrons. The summed E-state index contributed by atoms with van der Waals surface area (Å²) in [6.07, 6.45) is 3.73. The van der Waals surface area contributed by atoms with E-state index in [-0.39, 0.29) is 11.6 Å². The molecule has 1 atom stereocenters. The number of methoxy groups -OCH3 is 1. The molecule has 21 heavy (non-hydrogen) atoms. The number of hydrogen-bond acceptors (Lipinski definition) is 4. The van der Waals surface area contributed by atoms with Gasteiger partial charge >= 0.3 is 5.97 Å². The molecule has 0 spiro atoms. The molecule has 1 aromatic heterocycles. The van der Waals surface area contributed by atoms with Crippen molar-refractivity contribution < 1.29 is 13.9 Å². The van der Waals surface area contributed by atoms with Crippen molar-refractivity contribution in [2.75, 3.05) is 12.4 Å². The van der Waals surface area contributed by atoms with E-state index in [2.05, 4.69) is 15.2 Å². The molecule has 2 rings (SSSR count). The number of carbonyl (C=O) groups excluding carboxylic acids is 1. The number of aryl methyl sites for hydroxylation is 1. The lowest BCUT2D eigenvalue weighted by atomic mass is 10.1. The highest BCUT2D eigenvalue weighted by Gasteiger charge is 2.14. The fourth-order valence-electron chi connectivity index (χ4n) is 1.99. The molecule has 1 heterocycles. The number of anilines is 1. The summed E-state index contributed by atoms with van der Waals surface area (Å²) in [4.78, 5) is 11.5. The molecule has 0 amide bonds. The van der Waals surface area contributed by atoms with Crippen LogP contribution in [0.1, 0.15) is 35.8 Å². The number of esters is 1. The van der Waals surface area contributed by atoms with E-state index >= 15 is 0 Å². The van der Waals surface area contributed by atoms with Gasteiger partial charge in [-0.05, 0) is 32.0 Å². The number of carbonyl (C=O) groups is 1. The maximum Gasteiger partial charge on any atom is 0.340 e. The average Bonchev–Trinajstić information content (AvgIpc) is 2.97. The topological polar surface area (TPSA) is 56.2 Å². The molecule has 0 aliphatic rings. The molecule has 1 N–H and O–H groups in total. The molecule has 1 unspecified atom stereocenters. The Kier molecular flexibility index (Phi) is 4.57. The Labute approximate surface area is 122 Å². The number of halogens is 1. The van der Waals surface area contributed by atoms with Crippen LogP contribution in [0.15, 0.2) is 30.6 Å². The zero-order chi connectivity index (χ0) is 15.4. The SMILES string of the molecule is CCn1cc(C(C)Nc2ccc(F)c(C(=O)OC)c2)cn1. The van der Waals surface area contributed by atoms with Crippen LogP contribution in [0.3, 0.4) is 0 Å². The van der Waals surface area contributed by atoms with Crippen LogP contribution in [-0.2, 0) is 11.3 Å². The van der Waals surface area contributed by atoms with Gasteiger partial charge in [0.25, 0.3) is 0 Å². The maximum absolute atomic E-state index is 13.6. The summed E-state index contributed by atoms with van der Waals surface area (Å²) in [5, 5.41) is 7.43. The Morgan fingerprint density at radius 3 is 2.90 bits per heavy atom. The second kappa shape index (κ2) is 6.39. The van der Waals surface area contributed by atoms with Gasteiger partial charge in [0.2, 0.25) is 0 Å². The predicted molar refractivity (Wildman–Crippen MR) is 77.7 cm³/mol. The Hall–Kier alpha value is -2.37. The monoisotopic (exact) mass is 291 g/mol. The Bertz CT molecular complexity index is 640. The molecular formula is C15H18FN3O2. The van der Waals surface area contributed by atoms with Gasteiger partial charge in [0.1, 0.15) is 5.82 Å². The van der Waals surface area contributed by atoms with E-state index in [1.807, 2.05) is 24.7 Å². The summed E-state index contributed by atoms with van der Waals surface area (Å²) < 4.78 is 20.0. The second-order valence-corrected chi connectivity index (χ2v) is 4.68. The highest BCUT2D eigenvalue weighted by atomic mass is 19.1. The van der Waals surface area contributed by atoms with Gasteiger partial charge in [-0.1, -0.05) is 0 Å². The van der Waals surface area contributed by atoms with Crippen molar-refractivity contribution >= 4 is 11.7 Å². The first kappa shape index (κ1) is 15.0. The van der Waals surface area contributed by atoms with Crippen LogP contribution in [0, 0.1) is 5.82 Å². The van der Waals surface area contributed by atoms with Gasteiger partial charge in [-0.2, -0.15) is 5.10 Å². The molecule has 0 aliphatic carbocycles. The molecule has 0 bridgehead atoms. The third-order valence-electron chi connectivity index (χ3n) is 3.23. The first-order valence-electron chi connectivity index (χ1n) is 6.72. The normalized spacial score (nSPS) is 12.0. The lowest BCUT2D eigenvalue weighted by molar-refractivity contribution is 0.0595. The van der Waals surface area contributed by atoms with Crippen LogP contribution in [-0.4, -0.2) is 22.9 Å². The number of nitrogens with one attached hydrogen (secondary N) is 1. The van der Waals surface area contributed by atoms with E-state index in [9.17, 15) is 9.18 Å². The summed E-state index contributed by atoms with van der Waals surface area (Å²) in [5.74, 6) is -1.29. The number of ether oxygens (including phenoxy) is 1. The quantitative estimate of drug-likeness (QED) is 0.860. The first-order valence-corrected chi connectivity index (χ1v) is 6.72. The van der Waals surface area contributed by atoms with Gasteiger partial charge in [-0.25, -0.2) is 9.18 Å². The van der Waals surface area contributed by atoms with Crippen LogP contribution in [0.5, 0.6) is 0 Å². The Balaban J connectivity index is 2.17.